The lowest BCUT2D eigenvalue weighted by molar-refractivity contribution is 0.104. The number of fused-ring (bicyclic) bond motifs is 3. The zero-order valence-corrected chi connectivity index (χ0v) is 11.6. The summed E-state index contributed by atoms with van der Waals surface area (Å²) >= 11 is 1.51. The van der Waals surface area contributed by atoms with E-state index in [4.69, 9.17) is 4.74 Å². The van der Waals surface area contributed by atoms with Gasteiger partial charge in [-0.2, -0.15) is 0 Å². The molecule has 1 aliphatic rings. The Morgan fingerprint density at radius 1 is 1.15 bits per heavy atom. The molecule has 0 atom stereocenters. The van der Waals surface area contributed by atoms with Gasteiger partial charge in [-0.15, -0.1) is 11.3 Å². The number of hydrogen-bond donors (Lipinski definition) is 0. The highest BCUT2D eigenvalue weighted by molar-refractivity contribution is 7.13. The Labute approximate surface area is 120 Å². The van der Waals surface area contributed by atoms with Crippen LogP contribution >= 0.6 is 11.3 Å². The predicted molar refractivity (Wildman–Crippen MR) is 79.1 cm³/mol. The van der Waals surface area contributed by atoms with Gasteiger partial charge in [0, 0.05) is 17.1 Å². The van der Waals surface area contributed by atoms with E-state index in [0.29, 0.717) is 0 Å². The molecular weight excluding hydrogens is 270 g/mol. The average Bonchev–Trinajstić information content (AvgIpc) is 3.16. The van der Waals surface area contributed by atoms with Gasteiger partial charge in [-0.1, -0.05) is 12.1 Å². The molecule has 20 heavy (non-hydrogen) atoms. The van der Waals surface area contributed by atoms with Crippen molar-refractivity contribution in [1.29, 1.82) is 0 Å². The molecule has 2 aromatic heterocycles. The largest absolute Gasteiger partial charge is 0.497 e. The quantitative estimate of drug-likeness (QED) is 0.560. The fourth-order valence-electron chi connectivity index (χ4n) is 2.60. The van der Waals surface area contributed by atoms with Gasteiger partial charge in [0.2, 0.25) is 5.78 Å². The molecule has 0 aliphatic carbocycles. The maximum absolute atomic E-state index is 12.3. The van der Waals surface area contributed by atoms with Crippen LogP contribution < -0.4 is 4.74 Å². The molecule has 0 radical (unpaired) electrons. The average molecular weight is 281 g/mol. The van der Waals surface area contributed by atoms with Gasteiger partial charge in [0.05, 0.1) is 18.5 Å². The van der Waals surface area contributed by atoms with E-state index in [0.717, 1.165) is 33.1 Å². The number of ether oxygens (including phenoxy) is 1. The summed E-state index contributed by atoms with van der Waals surface area (Å²) in [5, 5.41) is 2.05. The van der Waals surface area contributed by atoms with Crippen LogP contribution in [0.25, 0.3) is 16.8 Å². The number of thiophene rings is 1. The second-order valence-electron chi connectivity index (χ2n) is 4.65. The van der Waals surface area contributed by atoms with Crippen molar-refractivity contribution in [2.24, 2.45) is 0 Å². The van der Waals surface area contributed by atoms with E-state index in [9.17, 15) is 4.79 Å². The molecule has 0 amide bonds. The van der Waals surface area contributed by atoms with E-state index in [1.54, 1.807) is 7.11 Å². The SMILES string of the molecule is COc1ccc(-c2csc3c2-n2cccc2C3=O)cc1. The van der Waals surface area contributed by atoms with Crippen molar-refractivity contribution >= 4 is 17.1 Å². The van der Waals surface area contributed by atoms with Crippen LogP contribution in [0.4, 0.5) is 0 Å². The first kappa shape index (κ1) is 11.5. The molecule has 0 fully saturated rings. The second-order valence-corrected chi connectivity index (χ2v) is 5.53. The third-order valence-electron chi connectivity index (χ3n) is 3.59. The predicted octanol–water partition coefficient (Wildman–Crippen LogP) is 3.76. The molecular formula is C16H11NO2S. The van der Waals surface area contributed by atoms with Gasteiger partial charge in [-0.25, -0.2) is 0 Å². The minimum Gasteiger partial charge on any atom is -0.497 e. The third-order valence-corrected chi connectivity index (χ3v) is 4.56. The van der Waals surface area contributed by atoms with E-state index < -0.39 is 0 Å². The number of hydrogen-bond acceptors (Lipinski definition) is 3. The first-order valence-corrected chi connectivity index (χ1v) is 7.16. The monoisotopic (exact) mass is 281 g/mol. The maximum atomic E-state index is 12.3. The Bertz CT molecular complexity index is 811. The molecule has 1 aliphatic heterocycles. The molecule has 4 heteroatoms. The fourth-order valence-corrected chi connectivity index (χ4v) is 3.62. The normalized spacial score (nSPS) is 12.3. The highest BCUT2D eigenvalue weighted by Gasteiger charge is 2.30. The van der Waals surface area contributed by atoms with Gasteiger partial charge in [0.1, 0.15) is 10.6 Å². The molecule has 3 nitrogen and oxygen atoms in total. The second kappa shape index (κ2) is 4.08. The lowest BCUT2D eigenvalue weighted by Crippen LogP contribution is -1.94. The molecule has 3 heterocycles. The van der Waals surface area contributed by atoms with Gasteiger partial charge in [-0.05, 0) is 29.8 Å². The summed E-state index contributed by atoms with van der Waals surface area (Å²) in [6.07, 6.45) is 1.94. The molecule has 0 unspecified atom stereocenters. The number of methoxy groups -OCH3 is 1. The van der Waals surface area contributed by atoms with Crippen LogP contribution in [-0.2, 0) is 0 Å². The van der Waals surface area contributed by atoms with Crippen LogP contribution in [0.2, 0.25) is 0 Å². The van der Waals surface area contributed by atoms with Gasteiger partial charge in [-0.3, -0.25) is 4.79 Å². The molecule has 0 spiro atoms. The van der Waals surface area contributed by atoms with Crippen molar-refractivity contribution in [2.75, 3.05) is 7.11 Å². The van der Waals surface area contributed by atoms with Crippen LogP contribution in [0.5, 0.6) is 5.75 Å². The van der Waals surface area contributed by atoms with E-state index in [1.165, 1.54) is 11.3 Å². The summed E-state index contributed by atoms with van der Waals surface area (Å²) in [7, 11) is 1.65. The molecule has 0 bridgehead atoms. The van der Waals surface area contributed by atoms with Crippen molar-refractivity contribution in [3.05, 3.63) is 58.5 Å². The minimum atomic E-state index is 0.120. The van der Waals surface area contributed by atoms with E-state index in [1.807, 2.05) is 52.5 Å². The van der Waals surface area contributed by atoms with E-state index in [2.05, 4.69) is 0 Å². The summed E-state index contributed by atoms with van der Waals surface area (Å²) < 4.78 is 7.16. The van der Waals surface area contributed by atoms with Crippen molar-refractivity contribution in [1.82, 2.24) is 4.57 Å². The first-order valence-electron chi connectivity index (χ1n) is 6.28. The summed E-state index contributed by atoms with van der Waals surface area (Å²) in [6.45, 7) is 0. The summed E-state index contributed by atoms with van der Waals surface area (Å²) in [4.78, 5) is 13.1. The smallest absolute Gasteiger partial charge is 0.221 e. The Hall–Kier alpha value is -2.33. The van der Waals surface area contributed by atoms with Crippen LogP contribution in [0, 0.1) is 0 Å². The zero-order chi connectivity index (χ0) is 13.7. The van der Waals surface area contributed by atoms with Crippen LogP contribution in [-0.4, -0.2) is 17.5 Å². The van der Waals surface area contributed by atoms with Crippen LogP contribution in [0.3, 0.4) is 0 Å². The Balaban J connectivity index is 1.90. The Morgan fingerprint density at radius 3 is 2.70 bits per heavy atom. The molecule has 4 rings (SSSR count). The lowest BCUT2D eigenvalue weighted by Gasteiger charge is -2.06. The third kappa shape index (κ3) is 1.42. The number of aromatic nitrogens is 1. The highest BCUT2D eigenvalue weighted by atomic mass is 32.1. The summed E-state index contributed by atoms with van der Waals surface area (Å²) in [5.41, 5.74) is 3.94. The standard InChI is InChI=1S/C16H11NO2S/c1-19-11-6-4-10(5-7-11)12-9-20-16-14(12)17-8-2-3-13(17)15(16)18/h2-9H,1H3. The topological polar surface area (TPSA) is 31.2 Å². The van der Waals surface area contributed by atoms with Gasteiger partial charge < -0.3 is 9.30 Å². The zero-order valence-electron chi connectivity index (χ0n) is 10.8. The van der Waals surface area contributed by atoms with Crippen molar-refractivity contribution in [3.8, 4) is 22.6 Å². The number of carbonyl (C=O) groups excluding carboxylic acids is 1. The molecule has 0 saturated heterocycles. The van der Waals surface area contributed by atoms with Gasteiger partial charge in [0.15, 0.2) is 0 Å². The maximum Gasteiger partial charge on any atom is 0.221 e. The Kier molecular flexibility index (Phi) is 2.35. The lowest BCUT2D eigenvalue weighted by atomic mass is 10.1. The van der Waals surface area contributed by atoms with E-state index in [-0.39, 0.29) is 5.78 Å². The number of ketones is 1. The van der Waals surface area contributed by atoms with Crippen LogP contribution in [0.15, 0.2) is 48.0 Å². The molecule has 1 aromatic carbocycles. The van der Waals surface area contributed by atoms with Crippen molar-refractivity contribution in [2.45, 2.75) is 0 Å². The molecule has 98 valence electrons. The molecule has 0 N–H and O–H groups in total. The number of carbonyl (C=O) groups is 1. The highest BCUT2D eigenvalue weighted by Crippen LogP contribution is 2.41. The molecule has 0 saturated carbocycles. The summed E-state index contributed by atoms with van der Waals surface area (Å²) in [5.74, 6) is 0.952. The fraction of sp³-hybridized carbons (Fsp3) is 0.0625. The number of benzene rings is 1. The first-order chi connectivity index (χ1) is 9.79. The van der Waals surface area contributed by atoms with Gasteiger partial charge in [0.25, 0.3) is 0 Å². The minimum absolute atomic E-state index is 0.120. The number of nitrogens with zero attached hydrogens (tertiary/aromatic N) is 1. The Morgan fingerprint density at radius 2 is 1.95 bits per heavy atom. The van der Waals surface area contributed by atoms with Gasteiger partial charge >= 0.3 is 0 Å². The number of rotatable bonds is 2. The summed E-state index contributed by atoms with van der Waals surface area (Å²) in [6, 6.07) is 11.7. The van der Waals surface area contributed by atoms with Crippen LogP contribution in [0.1, 0.15) is 15.4 Å². The van der Waals surface area contributed by atoms with Crippen molar-refractivity contribution in [3.63, 3.8) is 0 Å². The molecule has 3 aromatic rings. The van der Waals surface area contributed by atoms with Crippen molar-refractivity contribution < 1.29 is 9.53 Å². The van der Waals surface area contributed by atoms with E-state index >= 15 is 0 Å².